The maximum Gasteiger partial charge on any atom is 0.226 e. The van der Waals surface area contributed by atoms with Crippen LogP contribution < -0.4 is 0 Å². The number of likely N-dealkylation sites (tertiary alicyclic amines) is 1. The van der Waals surface area contributed by atoms with E-state index >= 15 is 0 Å². The van der Waals surface area contributed by atoms with Crippen molar-refractivity contribution >= 4 is 5.91 Å². The lowest BCUT2D eigenvalue weighted by Gasteiger charge is -2.41. The van der Waals surface area contributed by atoms with Crippen LogP contribution in [0.25, 0.3) is 0 Å². The lowest BCUT2D eigenvalue weighted by Crippen LogP contribution is -2.45. The monoisotopic (exact) mass is 257 g/mol. The second kappa shape index (κ2) is 5.77. The molecule has 102 valence electrons. The van der Waals surface area contributed by atoms with Crippen LogP contribution in [0.2, 0.25) is 0 Å². The molecule has 2 fully saturated rings. The molecular formula is C17H23NO. The summed E-state index contributed by atoms with van der Waals surface area (Å²) >= 11 is 0. The summed E-state index contributed by atoms with van der Waals surface area (Å²) in [6, 6.07) is 10.1. The van der Waals surface area contributed by atoms with Gasteiger partial charge in [0.25, 0.3) is 0 Å². The Kier molecular flexibility index (Phi) is 3.86. The second-order valence-electron chi connectivity index (χ2n) is 6.10. The van der Waals surface area contributed by atoms with Crippen LogP contribution in [-0.2, 0) is 11.2 Å². The summed E-state index contributed by atoms with van der Waals surface area (Å²) in [6.45, 7) is 1.99. The van der Waals surface area contributed by atoms with Crippen molar-refractivity contribution < 1.29 is 4.79 Å². The first-order valence-electron chi connectivity index (χ1n) is 7.64. The van der Waals surface area contributed by atoms with Gasteiger partial charge in [-0.2, -0.15) is 0 Å². The van der Waals surface area contributed by atoms with E-state index in [2.05, 4.69) is 4.90 Å². The van der Waals surface area contributed by atoms with Crippen LogP contribution in [0.3, 0.4) is 0 Å². The van der Waals surface area contributed by atoms with Crippen LogP contribution in [0.15, 0.2) is 30.3 Å². The van der Waals surface area contributed by atoms with Crippen molar-refractivity contribution in [3.63, 3.8) is 0 Å². The lowest BCUT2D eigenvalue weighted by molar-refractivity contribution is -0.133. The van der Waals surface area contributed by atoms with Crippen molar-refractivity contribution in [2.24, 2.45) is 11.8 Å². The SMILES string of the molecule is O=C(Cc1ccccc1)N1CCC2CCCCC2C1. The fraction of sp³-hybridized carbons (Fsp3) is 0.588. The molecule has 0 radical (unpaired) electrons. The van der Waals surface area contributed by atoms with Gasteiger partial charge >= 0.3 is 0 Å². The summed E-state index contributed by atoms with van der Waals surface area (Å²) in [6.07, 6.45) is 7.29. The highest BCUT2D eigenvalue weighted by Gasteiger charge is 2.32. The number of rotatable bonds is 2. The number of nitrogens with zero attached hydrogens (tertiary/aromatic N) is 1. The van der Waals surface area contributed by atoms with Crippen molar-refractivity contribution in [1.29, 1.82) is 0 Å². The van der Waals surface area contributed by atoms with Gasteiger partial charge in [0, 0.05) is 13.1 Å². The first-order chi connectivity index (χ1) is 9.33. The van der Waals surface area contributed by atoms with Gasteiger partial charge in [0.2, 0.25) is 5.91 Å². The third-order valence-electron chi connectivity index (χ3n) is 4.84. The van der Waals surface area contributed by atoms with E-state index in [0.29, 0.717) is 12.3 Å². The Morgan fingerprint density at radius 1 is 1.05 bits per heavy atom. The molecule has 1 aromatic carbocycles. The third-order valence-corrected chi connectivity index (χ3v) is 4.84. The van der Waals surface area contributed by atoms with Crippen molar-refractivity contribution in [3.05, 3.63) is 35.9 Å². The van der Waals surface area contributed by atoms with E-state index in [1.54, 1.807) is 0 Å². The quantitative estimate of drug-likeness (QED) is 0.796. The molecule has 2 nitrogen and oxygen atoms in total. The molecule has 1 aliphatic heterocycles. The Hall–Kier alpha value is -1.31. The lowest BCUT2D eigenvalue weighted by atomic mass is 9.75. The zero-order chi connectivity index (χ0) is 13.1. The highest BCUT2D eigenvalue weighted by atomic mass is 16.2. The molecule has 3 rings (SSSR count). The van der Waals surface area contributed by atoms with Crippen molar-refractivity contribution in [1.82, 2.24) is 4.90 Å². The molecule has 0 bridgehead atoms. The highest BCUT2D eigenvalue weighted by molar-refractivity contribution is 5.78. The smallest absolute Gasteiger partial charge is 0.226 e. The van der Waals surface area contributed by atoms with Gasteiger partial charge in [-0.15, -0.1) is 0 Å². The number of carbonyl (C=O) groups is 1. The average molecular weight is 257 g/mol. The van der Waals surface area contributed by atoms with Crippen LogP contribution in [-0.4, -0.2) is 23.9 Å². The Labute approximate surface area is 115 Å². The van der Waals surface area contributed by atoms with E-state index in [4.69, 9.17) is 0 Å². The number of hydrogen-bond donors (Lipinski definition) is 0. The van der Waals surface area contributed by atoms with Gasteiger partial charge < -0.3 is 4.90 Å². The third kappa shape index (κ3) is 2.99. The van der Waals surface area contributed by atoms with Gasteiger partial charge in [0.1, 0.15) is 0 Å². The molecule has 1 saturated carbocycles. The van der Waals surface area contributed by atoms with Crippen LogP contribution in [0.1, 0.15) is 37.7 Å². The molecule has 1 heterocycles. The molecule has 2 atom stereocenters. The molecule has 0 N–H and O–H groups in total. The second-order valence-corrected chi connectivity index (χ2v) is 6.10. The first-order valence-corrected chi connectivity index (χ1v) is 7.64. The summed E-state index contributed by atoms with van der Waals surface area (Å²) in [5.74, 6) is 1.99. The number of hydrogen-bond acceptors (Lipinski definition) is 1. The van der Waals surface area contributed by atoms with Crippen molar-refractivity contribution in [2.75, 3.05) is 13.1 Å². The van der Waals surface area contributed by atoms with Crippen LogP contribution in [0, 0.1) is 11.8 Å². The fourth-order valence-electron chi connectivity index (χ4n) is 3.71. The Bertz CT molecular complexity index is 428. The molecule has 2 aliphatic rings. The standard InChI is InChI=1S/C17H23NO/c19-17(12-14-6-2-1-3-7-14)18-11-10-15-8-4-5-9-16(15)13-18/h1-3,6-7,15-16H,4-5,8-13H2. The molecule has 1 saturated heterocycles. The van der Waals surface area contributed by atoms with E-state index in [9.17, 15) is 4.79 Å². The molecule has 1 aromatic rings. The molecule has 0 aromatic heterocycles. The van der Waals surface area contributed by atoms with Crippen molar-refractivity contribution in [3.8, 4) is 0 Å². The highest BCUT2D eigenvalue weighted by Crippen LogP contribution is 2.36. The molecular weight excluding hydrogens is 234 g/mol. The van der Waals surface area contributed by atoms with E-state index in [0.717, 1.165) is 30.5 Å². The van der Waals surface area contributed by atoms with E-state index in [1.807, 2.05) is 30.3 Å². The van der Waals surface area contributed by atoms with Crippen LogP contribution in [0.5, 0.6) is 0 Å². The number of carbonyl (C=O) groups excluding carboxylic acids is 1. The minimum Gasteiger partial charge on any atom is -0.342 e. The number of benzene rings is 1. The summed E-state index contributed by atoms with van der Waals surface area (Å²) < 4.78 is 0. The molecule has 2 heteroatoms. The van der Waals surface area contributed by atoms with Gasteiger partial charge in [-0.1, -0.05) is 49.6 Å². The van der Waals surface area contributed by atoms with Gasteiger partial charge in [0.15, 0.2) is 0 Å². The van der Waals surface area contributed by atoms with Gasteiger partial charge in [-0.3, -0.25) is 4.79 Å². The molecule has 1 aliphatic carbocycles. The van der Waals surface area contributed by atoms with Gasteiger partial charge in [0.05, 0.1) is 6.42 Å². The zero-order valence-electron chi connectivity index (χ0n) is 11.6. The normalized spacial score (nSPS) is 26.8. The van der Waals surface area contributed by atoms with E-state index in [1.165, 1.54) is 32.1 Å². The van der Waals surface area contributed by atoms with Crippen LogP contribution >= 0.6 is 0 Å². The largest absolute Gasteiger partial charge is 0.342 e. The minimum atomic E-state index is 0.315. The van der Waals surface area contributed by atoms with E-state index in [-0.39, 0.29) is 0 Å². The molecule has 2 unspecified atom stereocenters. The predicted molar refractivity (Wildman–Crippen MR) is 76.8 cm³/mol. The Morgan fingerprint density at radius 2 is 1.79 bits per heavy atom. The molecule has 19 heavy (non-hydrogen) atoms. The molecule has 1 amide bonds. The van der Waals surface area contributed by atoms with Gasteiger partial charge in [-0.25, -0.2) is 0 Å². The summed E-state index contributed by atoms with van der Waals surface area (Å²) in [7, 11) is 0. The fourth-order valence-corrected chi connectivity index (χ4v) is 3.71. The first kappa shape index (κ1) is 12.7. The predicted octanol–water partition coefficient (Wildman–Crippen LogP) is 3.27. The minimum absolute atomic E-state index is 0.315. The van der Waals surface area contributed by atoms with Crippen LogP contribution in [0.4, 0.5) is 0 Å². The summed E-state index contributed by atoms with van der Waals surface area (Å²) in [5.41, 5.74) is 1.14. The summed E-state index contributed by atoms with van der Waals surface area (Å²) in [5, 5.41) is 0. The zero-order valence-corrected chi connectivity index (χ0v) is 11.6. The number of fused-ring (bicyclic) bond motifs is 1. The van der Waals surface area contributed by atoms with Gasteiger partial charge in [-0.05, 0) is 30.2 Å². The van der Waals surface area contributed by atoms with E-state index < -0.39 is 0 Å². The number of amides is 1. The Morgan fingerprint density at radius 3 is 2.58 bits per heavy atom. The van der Waals surface area contributed by atoms with Crippen molar-refractivity contribution in [2.45, 2.75) is 38.5 Å². The summed E-state index contributed by atoms with van der Waals surface area (Å²) in [4.78, 5) is 14.5. The maximum absolute atomic E-state index is 12.4. The Balaban J connectivity index is 1.59. The maximum atomic E-state index is 12.4. The number of piperidine rings is 1. The average Bonchev–Trinajstić information content (AvgIpc) is 2.48. The topological polar surface area (TPSA) is 20.3 Å². The molecule has 0 spiro atoms.